The quantitative estimate of drug-likeness (QED) is 0.680. The average Bonchev–Trinajstić information content (AvgIpc) is 2.50. The highest BCUT2D eigenvalue weighted by Gasteiger charge is 2.22. The van der Waals surface area contributed by atoms with Crippen LogP contribution >= 0.6 is 11.5 Å². The van der Waals surface area contributed by atoms with E-state index >= 15 is 0 Å². The van der Waals surface area contributed by atoms with E-state index in [1.807, 2.05) is 0 Å². The molecule has 1 atom stereocenters. The fourth-order valence-electron chi connectivity index (χ4n) is 1.57. The molecule has 1 unspecified atom stereocenters. The minimum absolute atomic E-state index is 0.484. The molecule has 0 amide bonds. The standard InChI is InChI=1S/C7H11N3S/c8-4-5-2-1-3-6-7(5)9-10-11-6/h5H,1-4,8H2. The Morgan fingerprint density at radius 1 is 1.64 bits per heavy atom. The van der Waals surface area contributed by atoms with Crippen LogP contribution in [0, 0.1) is 0 Å². The van der Waals surface area contributed by atoms with Crippen molar-refractivity contribution in [2.24, 2.45) is 5.73 Å². The van der Waals surface area contributed by atoms with E-state index in [1.165, 1.54) is 34.9 Å². The summed E-state index contributed by atoms with van der Waals surface area (Å²) >= 11 is 1.53. The van der Waals surface area contributed by atoms with Crippen LogP contribution < -0.4 is 5.73 Å². The predicted molar refractivity (Wildman–Crippen MR) is 44.6 cm³/mol. The highest BCUT2D eigenvalue weighted by atomic mass is 32.1. The number of hydrogen-bond acceptors (Lipinski definition) is 4. The third-order valence-electron chi connectivity index (χ3n) is 2.21. The molecule has 2 rings (SSSR count). The number of nitrogens with zero attached hydrogens (tertiary/aromatic N) is 2. The van der Waals surface area contributed by atoms with Crippen LogP contribution in [0.2, 0.25) is 0 Å². The van der Waals surface area contributed by atoms with Crippen molar-refractivity contribution in [3.8, 4) is 0 Å². The van der Waals surface area contributed by atoms with Gasteiger partial charge in [0.15, 0.2) is 0 Å². The maximum absolute atomic E-state index is 5.61. The second kappa shape index (κ2) is 2.87. The molecule has 2 N–H and O–H groups in total. The fourth-order valence-corrected chi connectivity index (χ4v) is 2.34. The van der Waals surface area contributed by atoms with Crippen LogP contribution in [0.5, 0.6) is 0 Å². The van der Waals surface area contributed by atoms with Crippen LogP contribution in [0.25, 0.3) is 0 Å². The van der Waals surface area contributed by atoms with E-state index in [0.717, 1.165) is 13.0 Å². The largest absolute Gasteiger partial charge is 0.330 e. The summed E-state index contributed by atoms with van der Waals surface area (Å²) in [4.78, 5) is 1.35. The first-order valence-electron chi connectivity index (χ1n) is 3.93. The van der Waals surface area contributed by atoms with Crippen molar-refractivity contribution in [3.05, 3.63) is 10.6 Å². The minimum atomic E-state index is 0.484. The summed E-state index contributed by atoms with van der Waals surface area (Å²) in [6.07, 6.45) is 3.59. The number of nitrogens with two attached hydrogens (primary N) is 1. The predicted octanol–water partition coefficient (Wildman–Crippen LogP) is 0.917. The SMILES string of the molecule is NCC1CCCc2snnc21. The molecule has 60 valence electrons. The maximum Gasteiger partial charge on any atom is 0.0830 e. The Morgan fingerprint density at radius 3 is 3.36 bits per heavy atom. The van der Waals surface area contributed by atoms with Gasteiger partial charge in [-0.1, -0.05) is 4.49 Å². The van der Waals surface area contributed by atoms with Crippen LogP contribution in [0.15, 0.2) is 0 Å². The molecule has 3 nitrogen and oxygen atoms in total. The first-order chi connectivity index (χ1) is 5.42. The van der Waals surface area contributed by atoms with E-state index in [2.05, 4.69) is 9.59 Å². The Morgan fingerprint density at radius 2 is 2.55 bits per heavy atom. The van der Waals surface area contributed by atoms with Gasteiger partial charge in [0.05, 0.1) is 5.69 Å². The van der Waals surface area contributed by atoms with Crippen molar-refractivity contribution in [1.29, 1.82) is 0 Å². The zero-order valence-electron chi connectivity index (χ0n) is 6.29. The third-order valence-corrected chi connectivity index (χ3v) is 3.01. The highest BCUT2D eigenvalue weighted by molar-refractivity contribution is 7.05. The molecule has 0 radical (unpaired) electrons. The Bertz CT molecular complexity index is 246. The summed E-state index contributed by atoms with van der Waals surface area (Å²) in [7, 11) is 0. The van der Waals surface area contributed by atoms with Crippen molar-refractivity contribution in [3.63, 3.8) is 0 Å². The van der Waals surface area contributed by atoms with Crippen LogP contribution in [0.1, 0.15) is 29.3 Å². The van der Waals surface area contributed by atoms with Gasteiger partial charge >= 0.3 is 0 Å². The zero-order valence-corrected chi connectivity index (χ0v) is 7.10. The molecular weight excluding hydrogens is 158 g/mol. The van der Waals surface area contributed by atoms with Gasteiger partial charge in [0.25, 0.3) is 0 Å². The van der Waals surface area contributed by atoms with Gasteiger partial charge in [-0.2, -0.15) is 0 Å². The lowest BCUT2D eigenvalue weighted by molar-refractivity contribution is 0.550. The van der Waals surface area contributed by atoms with E-state index in [-0.39, 0.29) is 0 Å². The molecule has 1 heterocycles. The Kier molecular flexibility index (Phi) is 1.87. The molecule has 0 aromatic carbocycles. The zero-order chi connectivity index (χ0) is 7.68. The molecule has 0 bridgehead atoms. The van der Waals surface area contributed by atoms with Gasteiger partial charge in [-0.15, -0.1) is 5.10 Å². The number of fused-ring (bicyclic) bond motifs is 1. The second-order valence-corrected chi connectivity index (χ2v) is 3.74. The topological polar surface area (TPSA) is 51.8 Å². The molecule has 11 heavy (non-hydrogen) atoms. The lowest BCUT2D eigenvalue weighted by Gasteiger charge is -2.17. The van der Waals surface area contributed by atoms with E-state index < -0.39 is 0 Å². The first-order valence-corrected chi connectivity index (χ1v) is 4.70. The van der Waals surface area contributed by atoms with Gasteiger partial charge < -0.3 is 5.73 Å². The van der Waals surface area contributed by atoms with Crippen LogP contribution in [0.3, 0.4) is 0 Å². The van der Waals surface area contributed by atoms with Crippen molar-refractivity contribution in [1.82, 2.24) is 9.59 Å². The maximum atomic E-state index is 5.61. The van der Waals surface area contributed by atoms with Gasteiger partial charge in [0.2, 0.25) is 0 Å². The molecule has 0 fully saturated rings. The summed E-state index contributed by atoms with van der Waals surface area (Å²) in [6, 6.07) is 0. The first kappa shape index (κ1) is 7.18. The number of aryl methyl sites for hydroxylation is 1. The lowest BCUT2D eigenvalue weighted by Crippen LogP contribution is -2.17. The third kappa shape index (κ3) is 1.16. The van der Waals surface area contributed by atoms with E-state index in [0.29, 0.717) is 5.92 Å². The molecule has 0 spiro atoms. The number of rotatable bonds is 1. The van der Waals surface area contributed by atoms with Crippen molar-refractivity contribution >= 4 is 11.5 Å². The normalized spacial score (nSPS) is 23.2. The molecule has 0 aliphatic heterocycles. The van der Waals surface area contributed by atoms with Crippen LogP contribution in [-0.2, 0) is 6.42 Å². The van der Waals surface area contributed by atoms with Crippen molar-refractivity contribution in [2.75, 3.05) is 6.54 Å². The Hall–Kier alpha value is -0.480. The summed E-state index contributed by atoms with van der Waals surface area (Å²) in [5.74, 6) is 0.484. The van der Waals surface area contributed by atoms with Crippen LogP contribution in [-0.4, -0.2) is 16.1 Å². The highest BCUT2D eigenvalue weighted by Crippen LogP contribution is 2.30. The Labute approximate surface area is 69.8 Å². The van der Waals surface area contributed by atoms with E-state index in [1.54, 1.807) is 0 Å². The summed E-state index contributed by atoms with van der Waals surface area (Å²) < 4.78 is 3.94. The Balaban J connectivity index is 2.32. The van der Waals surface area contributed by atoms with E-state index in [4.69, 9.17) is 5.73 Å². The number of aromatic nitrogens is 2. The minimum Gasteiger partial charge on any atom is -0.330 e. The molecule has 1 aromatic rings. The summed E-state index contributed by atoms with van der Waals surface area (Å²) in [5.41, 5.74) is 6.78. The molecule has 0 saturated heterocycles. The molecule has 4 heteroatoms. The number of hydrogen-bond donors (Lipinski definition) is 1. The fraction of sp³-hybridized carbons (Fsp3) is 0.714. The van der Waals surface area contributed by atoms with Gasteiger partial charge in [-0.05, 0) is 30.8 Å². The summed E-state index contributed by atoms with van der Waals surface area (Å²) in [6.45, 7) is 0.721. The smallest absolute Gasteiger partial charge is 0.0830 e. The van der Waals surface area contributed by atoms with Crippen molar-refractivity contribution < 1.29 is 0 Å². The molecule has 0 saturated carbocycles. The van der Waals surface area contributed by atoms with E-state index in [9.17, 15) is 0 Å². The molecule has 1 aliphatic rings. The molecule has 1 aromatic heterocycles. The summed E-state index contributed by atoms with van der Waals surface area (Å²) in [5, 5.41) is 4.10. The van der Waals surface area contributed by atoms with Crippen LogP contribution in [0.4, 0.5) is 0 Å². The monoisotopic (exact) mass is 169 g/mol. The van der Waals surface area contributed by atoms with Crippen molar-refractivity contribution in [2.45, 2.75) is 25.2 Å². The van der Waals surface area contributed by atoms with Gasteiger partial charge in [-0.25, -0.2) is 0 Å². The van der Waals surface area contributed by atoms with Gasteiger partial charge in [0.1, 0.15) is 0 Å². The second-order valence-electron chi connectivity index (χ2n) is 2.91. The molecule has 1 aliphatic carbocycles. The lowest BCUT2D eigenvalue weighted by atomic mass is 9.91. The molecular formula is C7H11N3S. The average molecular weight is 169 g/mol. The van der Waals surface area contributed by atoms with Gasteiger partial charge in [0, 0.05) is 17.3 Å². The van der Waals surface area contributed by atoms with Gasteiger partial charge in [-0.3, -0.25) is 0 Å².